The first kappa shape index (κ1) is 20.5. The molecule has 4 aromatic rings. The van der Waals surface area contributed by atoms with Crippen LogP contribution >= 0.6 is 0 Å². The maximum atomic E-state index is 2.40. The average molecular weight is 358 g/mol. The van der Waals surface area contributed by atoms with E-state index < -0.39 is 0 Å². The number of hydrogen-bond acceptors (Lipinski definition) is 0. The maximum Gasteiger partial charge on any atom is 0.0497 e. The molecule has 0 saturated heterocycles. The molecule has 0 radical (unpaired) electrons. The van der Waals surface area contributed by atoms with Crippen molar-refractivity contribution in [2.75, 3.05) is 0 Å². The molecule has 0 saturated carbocycles. The van der Waals surface area contributed by atoms with E-state index in [2.05, 4.69) is 73.9 Å². The summed E-state index contributed by atoms with van der Waals surface area (Å²) in [5.41, 5.74) is 2.67. The van der Waals surface area contributed by atoms with Crippen LogP contribution in [-0.2, 0) is 6.54 Å². The summed E-state index contributed by atoms with van der Waals surface area (Å²) in [5.74, 6) is 0. The maximum absolute atomic E-state index is 2.40. The monoisotopic (exact) mass is 357 g/mol. The lowest BCUT2D eigenvalue weighted by atomic mass is 10.1. The Morgan fingerprint density at radius 3 is 1.81 bits per heavy atom. The van der Waals surface area contributed by atoms with E-state index in [9.17, 15) is 0 Å². The number of benzene rings is 3. The first-order valence-electron chi connectivity index (χ1n) is 9.94. The van der Waals surface area contributed by atoms with E-state index in [0.717, 1.165) is 6.54 Å². The topological polar surface area (TPSA) is 4.93 Å². The molecule has 0 amide bonds. The molecule has 1 heterocycles. The zero-order valence-corrected chi connectivity index (χ0v) is 17.2. The SMILES string of the molecule is C/C=c1/ccc2c(/c1=C/C)c1ccccc1n2CC.CC.c1ccccc1. The van der Waals surface area contributed by atoms with E-state index >= 15 is 0 Å². The van der Waals surface area contributed by atoms with Crippen molar-refractivity contribution in [1.29, 1.82) is 0 Å². The number of nitrogens with zero attached hydrogens (tertiary/aromatic N) is 1. The zero-order chi connectivity index (χ0) is 19.6. The average Bonchev–Trinajstić information content (AvgIpc) is 3.09. The Morgan fingerprint density at radius 1 is 0.704 bits per heavy atom. The minimum Gasteiger partial charge on any atom is -0.341 e. The molecular weight excluding hydrogens is 326 g/mol. The molecule has 4 rings (SSSR count). The first-order valence-corrected chi connectivity index (χ1v) is 9.94. The first-order chi connectivity index (χ1) is 13.3. The third kappa shape index (κ3) is 4.31. The van der Waals surface area contributed by atoms with Gasteiger partial charge in [-0.05, 0) is 43.3 Å². The summed E-state index contributed by atoms with van der Waals surface area (Å²) < 4.78 is 2.40. The summed E-state index contributed by atoms with van der Waals surface area (Å²) in [4.78, 5) is 0. The van der Waals surface area contributed by atoms with Crippen LogP contribution in [0.15, 0.2) is 72.8 Å². The zero-order valence-electron chi connectivity index (χ0n) is 17.2. The molecular formula is C26H31N. The van der Waals surface area contributed by atoms with Crippen molar-refractivity contribution < 1.29 is 0 Å². The van der Waals surface area contributed by atoms with Crippen LogP contribution in [-0.4, -0.2) is 4.57 Å². The van der Waals surface area contributed by atoms with Crippen LogP contribution < -0.4 is 10.4 Å². The van der Waals surface area contributed by atoms with Gasteiger partial charge < -0.3 is 4.57 Å². The lowest BCUT2D eigenvalue weighted by Gasteiger charge is -2.02. The largest absolute Gasteiger partial charge is 0.341 e. The number of fused-ring (bicyclic) bond motifs is 3. The van der Waals surface area contributed by atoms with Crippen molar-refractivity contribution in [3.63, 3.8) is 0 Å². The summed E-state index contributed by atoms with van der Waals surface area (Å²) >= 11 is 0. The Hall–Kier alpha value is -2.80. The normalized spacial score (nSPS) is 11.7. The standard InChI is InChI=1S/C18H19N.C6H6.C2H6/c1-4-13-11-12-17-18(14(13)5-2)15-9-7-8-10-16(15)19(17)6-3;1-2-4-6-5-3-1;1-2/h4-5,7-12H,6H2,1-3H3;1-6H;1-2H3/b13-4-,14-5+;;. The molecule has 1 aromatic heterocycles. The lowest BCUT2D eigenvalue weighted by Crippen LogP contribution is -2.24. The van der Waals surface area contributed by atoms with Gasteiger partial charge in [-0.15, -0.1) is 0 Å². The van der Waals surface area contributed by atoms with Gasteiger partial charge in [0.05, 0.1) is 0 Å². The Labute approximate surface area is 163 Å². The van der Waals surface area contributed by atoms with Crippen molar-refractivity contribution in [2.24, 2.45) is 0 Å². The fraction of sp³-hybridized carbons (Fsp3) is 0.231. The molecule has 0 N–H and O–H groups in total. The quantitative estimate of drug-likeness (QED) is 0.386. The van der Waals surface area contributed by atoms with Crippen LogP contribution in [0.3, 0.4) is 0 Å². The highest BCUT2D eigenvalue weighted by Gasteiger charge is 2.09. The third-order valence-electron chi connectivity index (χ3n) is 4.59. The van der Waals surface area contributed by atoms with Gasteiger partial charge in [0.2, 0.25) is 0 Å². The van der Waals surface area contributed by atoms with Gasteiger partial charge in [0.1, 0.15) is 0 Å². The smallest absolute Gasteiger partial charge is 0.0497 e. The lowest BCUT2D eigenvalue weighted by molar-refractivity contribution is 0.827. The van der Waals surface area contributed by atoms with E-state index in [4.69, 9.17) is 0 Å². The van der Waals surface area contributed by atoms with E-state index in [1.165, 1.54) is 32.2 Å². The minimum absolute atomic E-state index is 1.00. The number of aryl methyl sites for hydroxylation is 1. The molecule has 0 fully saturated rings. The molecule has 0 atom stereocenters. The highest BCUT2D eigenvalue weighted by molar-refractivity contribution is 6.08. The summed E-state index contributed by atoms with van der Waals surface area (Å²) in [6.07, 6.45) is 4.41. The van der Waals surface area contributed by atoms with Gasteiger partial charge in [-0.2, -0.15) is 0 Å². The van der Waals surface area contributed by atoms with Crippen molar-refractivity contribution in [3.8, 4) is 0 Å². The van der Waals surface area contributed by atoms with E-state index in [1.54, 1.807) is 0 Å². The number of rotatable bonds is 1. The van der Waals surface area contributed by atoms with Gasteiger partial charge in [0.25, 0.3) is 0 Å². The molecule has 27 heavy (non-hydrogen) atoms. The fourth-order valence-corrected chi connectivity index (χ4v) is 3.47. The molecule has 0 aliphatic carbocycles. The fourth-order valence-electron chi connectivity index (χ4n) is 3.47. The molecule has 0 unspecified atom stereocenters. The van der Waals surface area contributed by atoms with Gasteiger partial charge in [-0.3, -0.25) is 0 Å². The molecule has 140 valence electrons. The molecule has 0 aliphatic rings. The molecule has 0 spiro atoms. The number of aromatic nitrogens is 1. The third-order valence-corrected chi connectivity index (χ3v) is 4.59. The van der Waals surface area contributed by atoms with Crippen molar-refractivity contribution in [2.45, 2.75) is 41.2 Å². The second-order valence-electron chi connectivity index (χ2n) is 5.96. The second-order valence-corrected chi connectivity index (χ2v) is 5.96. The molecule has 3 aromatic carbocycles. The predicted octanol–water partition coefficient (Wildman–Crippen LogP) is 6.13. The van der Waals surface area contributed by atoms with Gasteiger partial charge in [-0.1, -0.05) is 86.7 Å². The van der Waals surface area contributed by atoms with Gasteiger partial charge in [0.15, 0.2) is 0 Å². The molecule has 0 aliphatic heterocycles. The van der Waals surface area contributed by atoms with Crippen LogP contribution in [0.25, 0.3) is 34.0 Å². The van der Waals surface area contributed by atoms with E-state index in [-0.39, 0.29) is 0 Å². The Bertz CT molecular complexity index is 1060. The summed E-state index contributed by atoms with van der Waals surface area (Å²) in [6, 6.07) is 25.2. The minimum atomic E-state index is 1.00. The summed E-state index contributed by atoms with van der Waals surface area (Å²) in [6.45, 7) is 11.4. The summed E-state index contributed by atoms with van der Waals surface area (Å²) in [7, 11) is 0. The predicted molar refractivity (Wildman–Crippen MR) is 122 cm³/mol. The van der Waals surface area contributed by atoms with Crippen LogP contribution in [0.5, 0.6) is 0 Å². The van der Waals surface area contributed by atoms with Crippen LogP contribution in [0.4, 0.5) is 0 Å². The van der Waals surface area contributed by atoms with E-state index in [1.807, 2.05) is 50.2 Å². The molecule has 1 nitrogen and oxygen atoms in total. The molecule has 1 heteroatoms. The second kappa shape index (κ2) is 10.4. The van der Waals surface area contributed by atoms with Gasteiger partial charge in [0, 0.05) is 28.4 Å². The van der Waals surface area contributed by atoms with Crippen LogP contribution in [0, 0.1) is 0 Å². The van der Waals surface area contributed by atoms with Gasteiger partial charge >= 0.3 is 0 Å². The van der Waals surface area contributed by atoms with Crippen LogP contribution in [0.2, 0.25) is 0 Å². The Kier molecular flexibility index (Phi) is 7.88. The van der Waals surface area contributed by atoms with Crippen molar-refractivity contribution in [1.82, 2.24) is 4.57 Å². The van der Waals surface area contributed by atoms with Gasteiger partial charge in [-0.25, -0.2) is 0 Å². The van der Waals surface area contributed by atoms with Crippen molar-refractivity contribution in [3.05, 3.63) is 83.2 Å². The molecule has 0 bridgehead atoms. The Balaban J connectivity index is 0.000000275. The van der Waals surface area contributed by atoms with E-state index in [0.29, 0.717) is 0 Å². The highest BCUT2D eigenvalue weighted by Crippen LogP contribution is 2.25. The highest BCUT2D eigenvalue weighted by atomic mass is 15.0. The number of para-hydroxylation sites is 1. The summed E-state index contributed by atoms with van der Waals surface area (Å²) in [5, 5.41) is 5.41. The Morgan fingerprint density at radius 2 is 1.30 bits per heavy atom. The number of hydrogen-bond donors (Lipinski definition) is 0. The van der Waals surface area contributed by atoms with Crippen molar-refractivity contribution >= 4 is 34.0 Å². The van der Waals surface area contributed by atoms with Crippen LogP contribution in [0.1, 0.15) is 34.6 Å².